The van der Waals surface area contributed by atoms with Gasteiger partial charge in [-0.05, 0) is 49.6 Å². The molecular weight excluding hydrogens is 476 g/mol. The summed E-state index contributed by atoms with van der Waals surface area (Å²) in [5.74, 6) is -0.209. The first-order valence-corrected chi connectivity index (χ1v) is 12.1. The molecule has 0 radical (unpaired) electrons. The minimum absolute atomic E-state index is 0.00609. The van der Waals surface area contributed by atoms with E-state index in [2.05, 4.69) is 15.5 Å². The van der Waals surface area contributed by atoms with E-state index in [0.717, 1.165) is 37.2 Å². The number of amides is 1. The molecule has 10 heteroatoms. The van der Waals surface area contributed by atoms with Crippen LogP contribution in [0.2, 0.25) is 0 Å². The third-order valence-corrected chi connectivity index (χ3v) is 6.17. The van der Waals surface area contributed by atoms with Crippen LogP contribution in [-0.2, 0) is 11.2 Å². The van der Waals surface area contributed by atoms with Gasteiger partial charge < -0.3 is 24.7 Å². The molecule has 0 bridgehead atoms. The first-order chi connectivity index (χ1) is 17.9. The molecule has 3 aromatic heterocycles. The second-order valence-corrected chi connectivity index (χ2v) is 8.83. The largest absolute Gasteiger partial charge is 0.504 e. The Labute approximate surface area is 213 Å². The average molecular weight is 507 g/mol. The monoisotopic (exact) mass is 506 g/mol. The van der Waals surface area contributed by atoms with Crippen molar-refractivity contribution in [3.05, 3.63) is 81.8 Å². The van der Waals surface area contributed by atoms with Crippen molar-refractivity contribution in [1.82, 2.24) is 19.9 Å². The van der Waals surface area contributed by atoms with Gasteiger partial charge in [0.15, 0.2) is 22.9 Å². The number of aryl methyl sites for hydroxylation is 2. The minimum Gasteiger partial charge on any atom is -0.504 e. The highest BCUT2D eigenvalue weighted by molar-refractivity contribution is 5.77. The topological polar surface area (TPSA) is 139 Å². The van der Waals surface area contributed by atoms with E-state index in [1.807, 2.05) is 28.8 Å². The van der Waals surface area contributed by atoms with E-state index in [4.69, 9.17) is 9.15 Å². The number of aromatic hydroxyl groups is 2. The standard InChI is InChI=1S/C27H30N4O6/c1-17-14-21(33)26(35)27(37-17)19(18-10-11-20(32)22(15-18)36-2)16-25(34)28-12-6-3-4-8-23-29-30-24-9-5-7-13-31(23)24/h5,7,9-11,13-15,19,32,35H,3-4,6,8,12,16H2,1-2H3,(H,28,34)/t19-/m1/s1. The zero-order chi connectivity index (χ0) is 26.4. The van der Waals surface area contributed by atoms with E-state index in [0.29, 0.717) is 17.9 Å². The molecule has 1 amide bonds. The number of aromatic nitrogens is 3. The Morgan fingerprint density at radius 1 is 1.14 bits per heavy atom. The van der Waals surface area contributed by atoms with Crippen LogP contribution in [0.4, 0.5) is 0 Å². The molecule has 1 atom stereocenters. The summed E-state index contributed by atoms with van der Waals surface area (Å²) in [5.41, 5.74) is 0.783. The summed E-state index contributed by atoms with van der Waals surface area (Å²) >= 11 is 0. The van der Waals surface area contributed by atoms with Crippen LogP contribution in [0.3, 0.4) is 0 Å². The lowest BCUT2D eigenvalue weighted by Crippen LogP contribution is -2.26. The Balaban J connectivity index is 1.37. The summed E-state index contributed by atoms with van der Waals surface area (Å²) < 4.78 is 12.9. The fraction of sp³-hybridized carbons (Fsp3) is 0.333. The van der Waals surface area contributed by atoms with E-state index in [1.165, 1.54) is 19.2 Å². The van der Waals surface area contributed by atoms with Gasteiger partial charge in [-0.3, -0.25) is 14.0 Å². The maximum Gasteiger partial charge on any atom is 0.227 e. The lowest BCUT2D eigenvalue weighted by molar-refractivity contribution is -0.121. The van der Waals surface area contributed by atoms with Gasteiger partial charge >= 0.3 is 0 Å². The molecule has 0 aliphatic rings. The number of ether oxygens (including phenoxy) is 1. The summed E-state index contributed by atoms with van der Waals surface area (Å²) in [4.78, 5) is 25.1. The summed E-state index contributed by atoms with van der Waals surface area (Å²) in [6.07, 6.45) is 5.25. The first kappa shape index (κ1) is 25.7. The molecule has 0 unspecified atom stereocenters. The van der Waals surface area contributed by atoms with Crippen molar-refractivity contribution in [2.75, 3.05) is 13.7 Å². The number of hydrogen-bond acceptors (Lipinski definition) is 8. The van der Waals surface area contributed by atoms with Crippen molar-refractivity contribution in [3.63, 3.8) is 0 Å². The molecule has 0 saturated carbocycles. The number of carbonyl (C=O) groups is 1. The van der Waals surface area contributed by atoms with Crippen LogP contribution in [0.15, 0.2) is 57.9 Å². The van der Waals surface area contributed by atoms with Crippen molar-refractivity contribution in [2.24, 2.45) is 0 Å². The molecule has 194 valence electrons. The Bertz CT molecular complexity index is 1440. The summed E-state index contributed by atoms with van der Waals surface area (Å²) in [6.45, 7) is 2.08. The molecule has 0 fully saturated rings. The average Bonchev–Trinajstić information content (AvgIpc) is 3.30. The number of rotatable bonds is 11. The zero-order valence-electron chi connectivity index (χ0n) is 20.8. The van der Waals surface area contributed by atoms with Crippen LogP contribution in [0.1, 0.15) is 54.5 Å². The third kappa shape index (κ3) is 6.08. The van der Waals surface area contributed by atoms with Gasteiger partial charge in [0.1, 0.15) is 11.6 Å². The first-order valence-electron chi connectivity index (χ1n) is 12.1. The molecule has 1 aromatic carbocycles. The number of nitrogens with one attached hydrogen (secondary N) is 1. The Morgan fingerprint density at radius 3 is 2.78 bits per heavy atom. The Morgan fingerprint density at radius 2 is 1.97 bits per heavy atom. The number of methoxy groups -OCH3 is 1. The van der Waals surface area contributed by atoms with E-state index in [9.17, 15) is 19.8 Å². The number of phenols is 1. The number of pyridine rings is 1. The van der Waals surface area contributed by atoms with Gasteiger partial charge in [-0.15, -0.1) is 10.2 Å². The summed E-state index contributed by atoms with van der Waals surface area (Å²) in [5, 5.41) is 31.7. The van der Waals surface area contributed by atoms with E-state index >= 15 is 0 Å². The number of unbranched alkanes of at least 4 members (excludes halogenated alkanes) is 2. The van der Waals surface area contributed by atoms with Gasteiger partial charge in [0, 0.05) is 31.6 Å². The summed E-state index contributed by atoms with van der Waals surface area (Å²) in [7, 11) is 1.41. The van der Waals surface area contributed by atoms with Crippen LogP contribution in [0.25, 0.3) is 5.65 Å². The minimum atomic E-state index is -0.761. The highest BCUT2D eigenvalue weighted by Gasteiger charge is 2.26. The van der Waals surface area contributed by atoms with Crippen molar-refractivity contribution < 1.29 is 24.2 Å². The molecule has 3 N–H and O–H groups in total. The van der Waals surface area contributed by atoms with Crippen molar-refractivity contribution in [1.29, 1.82) is 0 Å². The van der Waals surface area contributed by atoms with Gasteiger partial charge in [0.25, 0.3) is 0 Å². The maximum atomic E-state index is 12.9. The van der Waals surface area contributed by atoms with E-state index < -0.39 is 17.1 Å². The van der Waals surface area contributed by atoms with Gasteiger partial charge in [0.2, 0.25) is 17.1 Å². The van der Waals surface area contributed by atoms with E-state index in [-0.39, 0.29) is 29.6 Å². The SMILES string of the molecule is COc1cc([C@@H](CC(=O)NCCCCCc2nnc3ccccn23)c2oc(C)cc(=O)c2O)ccc1O. The number of benzene rings is 1. The lowest BCUT2D eigenvalue weighted by atomic mass is 9.91. The number of hydrogen-bond donors (Lipinski definition) is 3. The van der Waals surface area contributed by atoms with Gasteiger partial charge in [-0.2, -0.15) is 0 Å². The number of phenolic OH excluding ortho intramolecular Hbond substituents is 1. The second kappa shape index (κ2) is 11.6. The molecule has 0 aliphatic heterocycles. The molecule has 0 spiro atoms. The molecule has 0 aliphatic carbocycles. The van der Waals surface area contributed by atoms with Crippen LogP contribution in [-0.4, -0.2) is 44.4 Å². The van der Waals surface area contributed by atoms with Gasteiger partial charge in [0.05, 0.1) is 13.0 Å². The predicted octanol–water partition coefficient (Wildman–Crippen LogP) is 3.46. The van der Waals surface area contributed by atoms with Crippen molar-refractivity contribution >= 4 is 11.6 Å². The number of carbonyl (C=O) groups excluding carboxylic acids is 1. The Hall–Kier alpha value is -4.34. The molecule has 10 nitrogen and oxygen atoms in total. The van der Waals surface area contributed by atoms with Crippen LogP contribution in [0, 0.1) is 6.92 Å². The fourth-order valence-corrected chi connectivity index (χ4v) is 4.27. The molecule has 0 saturated heterocycles. The van der Waals surface area contributed by atoms with Crippen molar-refractivity contribution in [2.45, 2.75) is 44.9 Å². The maximum absolute atomic E-state index is 12.9. The molecule has 4 rings (SSSR count). The Kier molecular flexibility index (Phi) is 8.07. The summed E-state index contributed by atoms with van der Waals surface area (Å²) in [6, 6.07) is 11.6. The lowest BCUT2D eigenvalue weighted by Gasteiger charge is -2.19. The highest BCUT2D eigenvalue weighted by atomic mass is 16.5. The van der Waals surface area contributed by atoms with Crippen molar-refractivity contribution in [3.8, 4) is 17.2 Å². The quantitative estimate of drug-likeness (QED) is 0.263. The zero-order valence-corrected chi connectivity index (χ0v) is 20.8. The smallest absolute Gasteiger partial charge is 0.227 e. The highest BCUT2D eigenvalue weighted by Crippen LogP contribution is 2.37. The van der Waals surface area contributed by atoms with Gasteiger partial charge in [-0.1, -0.05) is 18.6 Å². The number of fused-ring (bicyclic) bond motifs is 1. The van der Waals surface area contributed by atoms with Crippen LogP contribution in [0.5, 0.6) is 17.2 Å². The molecular formula is C27H30N4O6. The second-order valence-electron chi connectivity index (χ2n) is 8.83. The van der Waals surface area contributed by atoms with Crippen LogP contribution < -0.4 is 15.5 Å². The van der Waals surface area contributed by atoms with Gasteiger partial charge in [-0.25, -0.2) is 0 Å². The van der Waals surface area contributed by atoms with E-state index in [1.54, 1.807) is 19.1 Å². The predicted molar refractivity (Wildman–Crippen MR) is 136 cm³/mol. The third-order valence-electron chi connectivity index (χ3n) is 6.17. The molecule has 37 heavy (non-hydrogen) atoms. The van der Waals surface area contributed by atoms with Crippen LogP contribution >= 0.6 is 0 Å². The fourth-order valence-electron chi connectivity index (χ4n) is 4.27. The normalized spacial score (nSPS) is 11.9. The molecule has 4 aromatic rings. The number of nitrogens with zero attached hydrogens (tertiary/aromatic N) is 3. The molecule has 3 heterocycles.